The Morgan fingerprint density at radius 1 is 1.50 bits per heavy atom. The summed E-state index contributed by atoms with van der Waals surface area (Å²) in [6.45, 7) is 2.82. The molecule has 0 radical (unpaired) electrons. The van der Waals surface area contributed by atoms with Gasteiger partial charge in [0.1, 0.15) is 0 Å². The smallest absolute Gasteiger partial charge is 0.0964 e. The zero-order valence-electron chi connectivity index (χ0n) is 9.46. The number of hydrogen-bond donors (Lipinski definition) is 1. The minimum atomic E-state index is 0.260. The summed E-state index contributed by atoms with van der Waals surface area (Å²) in [5.41, 5.74) is 2.12. The summed E-state index contributed by atoms with van der Waals surface area (Å²) >= 11 is 0. The van der Waals surface area contributed by atoms with Gasteiger partial charge in [-0.05, 0) is 18.6 Å². The van der Waals surface area contributed by atoms with Gasteiger partial charge in [-0.2, -0.15) is 0 Å². The fraction of sp³-hybridized carbons (Fsp3) is 0.364. The second-order valence-electron chi connectivity index (χ2n) is 3.77. The summed E-state index contributed by atoms with van der Waals surface area (Å²) in [6, 6.07) is 4.26. The van der Waals surface area contributed by atoms with E-state index in [0.29, 0.717) is 6.54 Å². The fourth-order valence-corrected chi connectivity index (χ4v) is 1.48. The van der Waals surface area contributed by atoms with Crippen molar-refractivity contribution in [3.05, 3.63) is 42.0 Å². The lowest BCUT2D eigenvalue weighted by atomic mass is 10.1. The molecule has 0 fully saturated rings. The van der Waals surface area contributed by atoms with Crippen molar-refractivity contribution in [2.75, 3.05) is 0 Å². The molecule has 0 aromatic carbocycles. The maximum absolute atomic E-state index is 4.09. The Morgan fingerprint density at radius 3 is 3.00 bits per heavy atom. The molecule has 1 atom stereocenters. The Kier molecular flexibility index (Phi) is 3.26. The van der Waals surface area contributed by atoms with E-state index in [-0.39, 0.29) is 6.04 Å². The van der Waals surface area contributed by atoms with Crippen LogP contribution in [0.5, 0.6) is 0 Å². The molecule has 84 valence electrons. The lowest BCUT2D eigenvalue weighted by Crippen LogP contribution is -2.18. The highest BCUT2D eigenvalue weighted by Crippen LogP contribution is 2.10. The molecule has 0 saturated carbocycles. The summed E-state index contributed by atoms with van der Waals surface area (Å²) in [7, 11) is 1.86. The largest absolute Gasteiger partial charge is 0.304 e. The summed E-state index contributed by atoms with van der Waals surface area (Å²) in [6.07, 6.45) is 5.55. The van der Waals surface area contributed by atoms with Crippen LogP contribution in [0, 0.1) is 0 Å². The van der Waals surface area contributed by atoms with E-state index in [0.717, 1.165) is 5.69 Å². The van der Waals surface area contributed by atoms with Crippen LogP contribution in [0.25, 0.3) is 0 Å². The van der Waals surface area contributed by atoms with E-state index in [9.17, 15) is 0 Å². The third kappa shape index (κ3) is 2.64. The summed E-state index contributed by atoms with van der Waals surface area (Å²) in [4.78, 5) is 4.09. The van der Waals surface area contributed by atoms with Gasteiger partial charge in [-0.1, -0.05) is 11.3 Å². The van der Waals surface area contributed by atoms with Gasteiger partial charge in [0.15, 0.2) is 0 Å². The van der Waals surface area contributed by atoms with E-state index >= 15 is 0 Å². The molecule has 2 heterocycles. The minimum absolute atomic E-state index is 0.260. The Morgan fingerprint density at radius 2 is 2.38 bits per heavy atom. The van der Waals surface area contributed by atoms with Gasteiger partial charge in [-0.15, -0.1) is 5.10 Å². The van der Waals surface area contributed by atoms with Gasteiger partial charge < -0.3 is 5.32 Å². The summed E-state index contributed by atoms with van der Waals surface area (Å²) < 4.78 is 1.70. The number of aromatic nitrogens is 4. The van der Waals surface area contributed by atoms with Gasteiger partial charge in [0.25, 0.3) is 0 Å². The molecule has 2 aromatic heterocycles. The van der Waals surface area contributed by atoms with Crippen molar-refractivity contribution in [3.8, 4) is 0 Å². The van der Waals surface area contributed by atoms with Crippen molar-refractivity contribution in [3.63, 3.8) is 0 Å². The van der Waals surface area contributed by atoms with Crippen LogP contribution in [0.1, 0.15) is 24.2 Å². The van der Waals surface area contributed by atoms with Gasteiger partial charge in [-0.3, -0.25) is 9.67 Å². The molecule has 0 unspecified atom stereocenters. The van der Waals surface area contributed by atoms with Crippen LogP contribution >= 0.6 is 0 Å². The van der Waals surface area contributed by atoms with Crippen molar-refractivity contribution < 1.29 is 0 Å². The molecule has 2 rings (SSSR count). The molecule has 0 saturated heterocycles. The first kappa shape index (κ1) is 10.8. The molecule has 5 heteroatoms. The molecule has 5 nitrogen and oxygen atoms in total. The van der Waals surface area contributed by atoms with Crippen molar-refractivity contribution in [1.82, 2.24) is 25.3 Å². The lowest BCUT2D eigenvalue weighted by molar-refractivity contribution is 0.565. The number of nitrogens with zero attached hydrogens (tertiary/aromatic N) is 4. The highest BCUT2D eigenvalue weighted by atomic mass is 15.4. The maximum atomic E-state index is 4.09. The highest BCUT2D eigenvalue weighted by Gasteiger charge is 2.05. The molecular weight excluding hydrogens is 202 g/mol. The first-order valence-electron chi connectivity index (χ1n) is 5.24. The number of rotatable bonds is 4. The zero-order chi connectivity index (χ0) is 11.4. The van der Waals surface area contributed by atoms with Crippen LogP contribution < -0.4 is 5.32 Å². The third-order valence-electron chi connectivity index (χ3n) is 2.42. The van der Waals surface area contributed by atoms with Crippen LogP contribution in [-0.4, -0.2) is 20.0 Å². The first-order chi connectivity index (χ1) is 7.75. The average molecular weight is 217 g/mol. The average Bonchev–Trinajstić information content (AvgIpc) is 2.73. The molecule has 0 aliphatic carbocycles. The lowest BCUT2D eigenvalue weighted by Gasteiger charge is -2.12. The van der Waals surface area contributed by atoms with E-state index in [2.05, 4.69) is 33.6 Å². The normalized spacial score (nSPS) is 12.6. The Bertz CT molecular complexity index is 437. The quantitative estimate of drug-likeness (QED) is 0.832. The molecule has 1 N–H and O–H groups in total. The number of pyridine rings is 1. The maximum Gasteiger partial charge on any atom is 0.0964 e. The van der Waals surface area contributed by atoms with Crippen molar-refractivity contribution in [2.24, 2.45) is 7.05 Å². The molecule has 0 amide bonds. The van der Waals surface area contributed by atoms with Crippen LogP contribution in [0.15, 0.2) is 30.7 Å². The third-order valence-corrected chi connectivity index (χ3v) is 2.42. The molecule has 16 heavy (non-hydrogen) atoms. The topological polar surface area (TPSA) is 55.6 Å². The van der Waals surface area contributed by atoms with Gasteiger partial charge in [0.2, 0.25) is 0 Å². The Balaban J connectivity index is 1.91. The second kappa shape index (κ2) is 4.85. The van der Waals surface area contributed by atoms with Crippen molar-refractivity contribution >= 4 is 0 Å². The van der Waals surface area contributed by atoms with Crippen LogP contribution in [0.2, 0.25) is 0 Å². The number of hydrogen-bond acceptors (Lipinski definition) is 4. The van der Waals surface area contributed by atoms with E-state index in [1.54, 1.807) is 10.9 Å². The van der Waals surface area contributed by atoms with Gasteiger partial charge in [-0.25, -0.2) is 0 Å². The number of nitrogens with one attached hydrogen (secondary N) is 1. The molecule has 0 spiro atoms. The predicted octanol–water partition coefficient (Wildman–Crippen LogP) is 1.06. The van der Waals surface area contributed by atoms with Crippen molar-refractivity contribution in [1.29, 1.82) is 0 Å². The van der Waals surface area contributed by atoms with Gasteiger partial charge in [0.05, 0.1) is 5.69 Å². The molecule has 0 aliphatic heterocycles. The Labute approximate surface area is 94.5 Å². The van der Waals surface area contributed by atoms with E-state index in [4.69, 9.17) is 0 Å². The standard InChI is InChI=1S/C11H15N5/c1-9(10-4-3-5-12-6-10)13-7-11-8-16(2)15-14-11/h3-6,8-9,13H,7H2,1-2H3/t9-/m1/s1. The monoisotopic (exact) mass is 217 g/mol. The summed E-state index contributed by atoms with van der Waals surface area (Å²) in [5.74, 6) is 0. The molecule has 0 bridgehead atoms. The van der Waals surface area contributed by atoms with Crippen LogP contribution in [-0.2, 0) is 13.6 Å². The first-order valence-corrected chi connectivity index (χ1v) is 5.24. The second-order valence-corrected chi connectivity index (χ2v) is 3.77. The van der Waals surface area contributed by atoms with E-state index in [1.165, 1.54) is 5.56 Å². The van der Waals surface area contributed by atoms with Gasteiger partial charge in [0, 0.05) is 38.2 Å². The minimum Gasteiger partial charge on any atom is -0.304 e. The SMILES string of the molecule is C[C@@H](NCc1cn(C)nn1)c1cccnc1. The predicted molar refractivity (Wildman–Crippen MR) is 60.5 cm³/mol. The zero-order valence-corrected chi connectivity index (χ0v) is 9.46. The Hall–Kier alpha value is -1.75. The van der Waals surface area contributed by atoms with Crippen LogP contribution in [0.4, 0.5) is 0 Å². The van der Waals surface area contributed by atoms with Gasteiger partial charge >= 0.3 is 0 Å². The number of aryl methyl sites for hydroxylation is 1. The van der Waals surface area contributed by atoms with E-state index < -0.39 is 0 Å². The summed E-state index contributed by atoms with van der Waals surface area (Å²) in [5, 5.41) is 11.3. The molecular formula is C11H15N5. The van der Waals surface area contributed by atoms with E-state index in [1.807, 2.05) is 25.5 Å². The highest BCUT2D eigenvalue weighted by molar-refractivity contribution is 5.12. The van der Waals surface area contributed by atoms with Crippen molar-refractivity contribution in [2.45, 2.75) is 19.5 Å². The molecule has 2 aromatic rings. The molecule has 0 aliphatic rings. The van der Waals surface area contributed by atoms with Crippen LogP contribution in [0.3, 0.4) is 0 Å². The fourth-order valence-electron chi connectivity index (χ4n) is 1.48.